The number of aromatic nitrogens is 2. The summed E-state index contributed by atoms with van der Waals surface area (Å²) in [6, 6.07) is 6.04. The largest absolute Gasteiger partial charge is 1.00 e. The maximum absolute atomic E-state index is 12.9. The second-order valence-electron chi connectivity index (χ2n) is 8.30. The van der Waals surface area contributed by atoms with Crippen LogP contribution in [0.25, 0.3) is 11.3 Å². The molecular weight excluding hydrogens is 370 g/mol. The Bertz CT molecular complexity index is 776. The van der Waals surface area contributed by atoms with E-state index in [0.717, 1.165) is 56.1 Å². The molecule has 3 nitrogen and oxygen atoms in total. The molecule has 1 N–H and O–H groups in total. The third kappa shape index (κ3) is 5.68. The van der Waals surface area contributed by atoms with Gasteiger partial charge in [-0.25, -0.2) is 0 Å². The molecule has 4 rings (SSSR count). The van der Waals surface area contributed by atoms with Crippen LogP contribution >= 0.6 is 0 Å². The van der Waals surface area contributed by atoms with Crippen molar-refractivity contribution in [2.45, 2.75) is 69.5 Å². The van der Waals surface area contributed by atoms with E-state index < -0.39 is 11.7 Å². The molecule has 0 aliphatic heterocycles. The summed E-state index contributed by atoms with van der Waals surface area (Å²) < 4.78 is 38.8. The fraction of sp³-hybridized carbons (Fsp3) is 0.591. The zero-order valence-electron chi connectivity index (χ0n) is 17.0. The smallest absolute Gasteiger partial charge is 0.446 e. The minimum atomic E-state index is -4.34. The number of alkyl halides is 3. The number of rotatable bonds is 5. The molecule has 0 atom stereocenters. The van der Waals surface area contributed by atoms with E-state index in [9.17, 15) is 13.2 Å². The zero-order chi connectivity index (χ0) is 19.6. The predicted octanol–water partition coefficient (Wildman–Crippen LogP) is 2.53. The Morgan fingerprint density at radius 1 is 1.03 bits per heavy atom. The van der Waals surface area contributed by atoms with E-state index in [1.807, 2.05) is 0 Å². The molecule has 2 aliphatic rings. The molecule has 0 unspecified atom stereocenters. The second kappa shape index (κ2) is 9.72. The van der Waals surface area contributed by atoms with Gasteiger partial charge in [0, 0.05) is 6.04 Å². The molecule has 7 heteroatoms. The minimum absolute atomic E-state index is 0. The molecule has 1 aromatic heterocycles. The first-order chi connectivity index (χ1) is 13.5. The van der Waals surface area contributed by atoms with E-state index >= 15 is 0 Å². The van der Waals surface area contributed by atoms with Gasteiger partial charge in [-0.1, -0.05) is 37.0 Å². The quantitative estimate of drug-likeness (QED) is 0.789. The van der Waals surface area contributed by atoms with Crippen molar-refractivity contribution >= 4 is 0 Å². The summed E-state index contributed by atoms with van der Waals surface area (Å²) in [5.41, 5.74) is 0.360. The van der Waals surface area contributed by atoms with Crippen molar-refractivity contribution < 1.29 is 32.0 Å². The van der Waals surface area contributed by atoms with Crippen LogP contribution in [0.4, 0.5) is 13.2 Å². The van der Waals surface area contributed by atoms with Gasteiger partial charge in [0.15, 0.2) is 0 Å². The molecule has 2 aliphatic carbocycles. The number of hydrogen-bond donors (Lipinski definition) is 1. The first kappa shape index (κ1) is 22.5. The Morgan fingerprint density at radius 3 is 2.45 bits per heavy atom. The molecule has 29 heavy (non-hydrogen) atoms. The summed E-state index contributed by atoms with van der Waals surface area (Å²) >= 11 is 0. The summed E-state index contributed by atoms with van der Waals surface area (Å²) in [7, 11) is 0. The fourth-order valence-corrected chi connectivity index (χ4v) is 4.59. The molecule has 2 fully saturated rings. The van der Waals surface area contributed by atoms with Crippen molar-refractivity contribution in [3.05, 3.63) is 41.9 Å². The van der Waals surface area contributed by atoms with Gasteiger partial charge in [0.1, 0.15) is 0 Å². The van der Waals surface area contributed by atoms with Gasteiger partial charge in [0.25, 0.3) is 0 Å². The Balaban J connectivity index is 0.00000240. The van der Waals surface area contributed by atoms with Crippen LogP contribution in [-0.4, -0.2) is 17.6 Å². The molecule has 0 radical (unpaired) electrons. The van der Waals surface area contributed by atoms with Crippen molar-refractivity contribution in [1.82, 2.24) is 15.3 Å². The number of hydrogen-bond acceptors (Lipinski definition) is 2. The van der Waals surface area contributed by atoms with Crippen molar-refractivity contribution in [3.63, 3.8) is 0 Å². The molecule has 1 aromatic carbocycles. The Labute approximate surface area is 182 Å². The molecular formula is C22H27F3LiN3. The van der Waals surface area contributed by atoms with Gasteiger partial charge in [0.2, 0.25) is 0 Å². The summed E-state index contributed by atoms with van der Waals surface area (Å²) in [6.07, 6.45) is 7.05. The average Bonchev–Trinajstić information content (AvgIpc) is 3.38. The fourth-order valence-electron chi connectivity index (χ4n) is 4.59. The Kier molecular flexibility index (Phi) is 7.53. The minimum Gasteiger partial charge on any atom is -0.446 e. The first-order valence-electron chi connectivity index (χ1n) is 10.4. The van der Waals surface area contributed by atoms with Crippen LogP contribution in [0.15, 0.2) is 30.5 Å². The van der Waals surface area contributed by atoms with E-state index in [-0.39, 0.29) is 18.9 Å². The third-order valence-corrected chi connectivity index (χ3v) is 6.30. The van der Waals surface area contributed by atoms with Crippen molar-refractivity contribution in [1.29, 1.82) is 0 Å². The van der Waals surface area contributed by atoms with E-state index in [1.165, 1.54) is 31.7 Å². The summed E-state index contributed by atoms with van der Waals surface area (Å²) in [5, 5.41) is 3.73. The molecule has 0 saturated heterocycles. The molecule has 152 valence electrons. The molecule has 2 saturated carbocycles. The molecule has 0 spiro atoms. The van der Waals surface area contributed by atoms with Crippen molar-refractivity contribution in [2.24, 2.45) is 5.92 Å². The van der Waals surface area contributed by atoms with Crippen LogP contribution in [0.2, 0.25) is 0 Å². The predicted molar refractivity (Wildman–Crippen MR) is 103 cm³/mol. The standard InChI is InChI=1S/C22H27F3N3.Li/c23-22(24,25)18-5-3-4-17(12-18)20-14-27-21(28-20)16-10-8-15(9-11-16)13-26-19-6-1-2-7-19;/h3-5,12,14-16,19,26H,1-2,6-11,13H2;/q-1;+1. The van der Waals surface area contributed by atoms with Crippen LogP contribution in [0.5, 0.6) is 0 Å². The summed E-state index contributed by atoms with van der Waals surface area (Å²) in [6.45, 7) is 1.11. The molecule has 0 amide bonds. The van der Waals surface area contributed by atoms with E-state index in [1.54, 1.807) is 12.3 Å². The molecule has 2 aromatic rings. The first-order valence-corrected chi connectivity index (χ1v) is 10.4. The van der Waals surface area contributed by atoms with E-state index in [4.69, 9.17) is 0 Å². The van der Waals surface area contributed by atoms with E-state index in [2.05, 4.69) is 15.3 Å². The molecule has 1 heterocycles. The third-order valence-electron chi connectivity index (χ3n) is 6.30. The van der Waals surface area contributed by atoms with Gasteiger partial charge in [-0.2, -0.15) is 13.2 Å². The van der Waals surface area contributed by atoms with Crippen molar-refractivity contribution in [3.8, 4) is 11.3 Å². The van der Waals surface area contributed by atoms with Crippen molar-refractivity contribution in [2.75, 3.05) is 6.54 Å². The van der Waals surface area contributed by atoms with Crippen LogP contribution in [-0.2, 0) is 6.18 Å². The maximum Gasteiger partial charge on any atom is 1.00 e. The van der Waals surface area contributed by atoms with E-state index in [0.29, 0.717) is 23.2 Å². The van der Waals surface area contributed by atoms with Gasteiger partial charge >= 0.3 is 25.0 Å². The summed E-state index contributed by atoms with van der Waals surface area (Å²) in [4.78, 5) is 9.00. The second-order valence-corrected chi connectivity index (χ2v) is 8.30. The zero-order valence-corrected chi connectivity index (χ0v) is 17.0. The van der Waals surface area contributed by atoms with Crippen LogP contribution < -0.4 is 29.2 Å². The molecule has 0 bridgehead atoms. The number of imidazole rings is 1. The van der Waals surface area contributed by atoms with Gasteiger partial charge in [0.05, 0.1) is 5.56 Å². The number of halogens is 3. The Hall–Kier alpha value is -1.22. The summed E-state index contributed by atoms with van der Waals surface area (Å²) in [5.74, 6) is 1.83. The van der Waals surface area contributed by atoms with Crippen LogP contribution in [0.3, 0.4) is 0 Å². The van der Waals surface area contributed by atoms with Gasteiger partial charge in [-0.15, -0.1) is 0 Å². The van der Waals surface area contributed by atoms with Gasteiger partial charge in [-0.3, -0.25) is 0 Å². The topological polar surface area (TPSA) is 39.0 Å². The van der Waals surface area contributed by atoms with Crippen LogP contribution in [0.1, 0.15) is 68.7 Å². The Morgan fingerprint density at radius 2 is 1.76 bits per heavy atom. The van der Waals surface area contributed by atoms with Crippen LogP contribution in [0, 0.1) is 5.92 Å². The number of benzene rings is 1. The number of nitrogens with one attached hydrogen (secondary N) is 1. The normalized spacial score (nSPS) is 23.1. The monoisotopic (exact) mass is 397 g/mol. The van der Waals surface area contributed by atoms with Gasteiger partial charge < -0.3 is 15.3 Å². The number of nitrogens with zero attached hydrogens (tertiary/aromatic N) is 2. The SMILES string of the molecule is FC(F)(F)c1cccc(-c2c[n-]c(C3CCC(CNC4CCCC4)CC3)n2)c1.[Li+]. The maximum atomic E-state index is 12.9. The average molecular weight is 397 g/mol. The van der Waals surface area contributed by atoms with Gasteiger partial charge in [-0.05, 0) is 80.3 Å².